The predicted molar refractivity (Wildman–Crippen MR) is 61.1 cm³/mol. The van der Waals surface area contributed by atoms with Crippen molar-refractivity contribution in [1.82, 2.24) is 4.41 Å². The lowest BCUT2D eigenvalue weighted by Crippen LogP contribution is -2.33. The molecule has 0 amide bonds. The van der Waals surface area contributed by atoms with Gasteiger partial charge in [0.1, 0.15) is 0 Å². The summed E-state index contributed by atoms with van der Waals surface area (Å²) in [6.07, 6.45) is 9.85. The molecule has 2 rings (SSSR count). The van der Waals surface area contributed by atoms with Crippen molar-refractivity contribution >= 4 is 16.7 Å². The second-order valence-electron chi connectivity index (χ2n) is 4.40. The van der Waals surface area contributed by atoms with Gasteiger partial charge in [0, 0.05) is 0 Å². The Hall–Kier alpha value is -0.780. The molecule has 1 aliphatic heterocycles. The molecule has 1 fully saturated rings. The van der Waals surface area contributed by atoms with Gasteiger partial charge in [0.15, 0.2) is 0 Å². The predicted octanol–water partition coefficient (Wildman–Crippen LogP) is 2.01. The quantitative estimate of drug-likeness (QED) is 0.711. The minimum absolute atomic E-state index is 0.0122. The zero-order chi connectivity index (χ0) is 11.4. The Morgan fingerprint density at radius 2 is 1.62 bits per heavy atom. The van der Waals surface area contributed by atoms with E-state index in [0.717, 1.165) is 36.5 Å². The van der Waals surface area contributed by atoms with Gasteiger partial charge in [-0.25, -0.2) is 0 Å². The third kappa shape index (κ3) is 2.66. The lowest BCUT2D eigenvalue weighted by atomic mass is 10.1. The standard InChI is InChI=1S/C10H18N2O3S/c13-16(14)12(11-9-15-16)10-7-5-3-1-2-4-6-8-10/h9-10H,1-8H2. The van der Waals surface area contributed by atoms with Crippen LogP contribution in [0.4, 0.5) is 0 Å². The molecule has 0 bridgehead atoms. The zero-order valence-corrected chi connectivity index (χ0v) is 10.2. The van der Waals surface area contributed by atoms with E-state index in [0.29, 0.717) is 0 Å². The van der Waals surface area contributed by atoms with Crippen LogP contribution < -0.4 is 0 Å². The molecule has 2 aliphatic rings. The minimum Gasteiger partial charge on any atom is -0.352 e. The van der Waals surface area contributed by atoms with Crippen LogP contribution in [-0.2, 0) is 14.5 Å². The van der Waals surface area contributed by atoms with Crippen LogP contribution in [0.5, 0.6) is 0 Å². The van der Waals surface area contributed by atoms with Gasteiger partial charge >= 0.3 is 10.3 Å². The highest BCUT2D eigenvalue weighted by molar-refractivity contribution is 7.84. The molecule has 1 saturated carbocycles. The average molecular weight is 246 g/mol. The molecule has 0 atom stereocenters. The fourth-order valence-corrected chi connectivity index (χ4v) is 3.30. The normalized spacial score (nSPS) is 26.9. The van der Waals surface area contributed by atoms with Gasteiger partial charge in [-0.15, -0.1) is 5.10 Å². The first-order valence-corrected chi connectivity index (χ1v) is 7.32. The number of hydrogen-bond donors (Lipinski definition) is 0. The van der Waals surface area contributed by atoms with Crippen molar-refractivity contribution in [2.24, 2.45) is 5.10 Å². The van der Waals surface area contributed by atoms with Crippen LogP contribution >= 0.6 is 0 Å². The van der Waals surface area contributed by atoms with Gasteiger partial charge in [0.2, 0.25) is 6.40 Å². The molecule has 0 saturated heterocycles. The van der Waals surface area contributed by atoms with E-state index in [1.165, 1.54) is 25.7 Å². The minimum atomic E-state index is -3.62. The second-order valence-corrected chi connectivity index (χ2v) is 5.82. The maximum absolute atomic E-state index is 11.5. The van der Waals surface area contributed by atoms with Crippen LogP contribution in [0.3, 0.4) is 0 Å². The Kier molecular flexibility index (Phi) is 3.68. The molecule has 0 aromatic rings. The van der Waals surface area contributed by atoms with E-state index in [1.807, 2.05) is 0 Å². The van der Waals surface area contributed by atoms with E-state index in [9.17, 15) is 8.42 Å². The molecule has 1 heterocycles. The van der Waals surface area contributed by atoms with E-state index < -0.39 is 10.3 Å². The van der Waals surface area contributed by atoms with Crippen molar-refractivity contribution in [3.05, 3.63) is 0 Å². The molecule has 0 spiro atoms. The average Bonchev–Trinajstić information content (AvgIpc) is 2.64. The lowest BCUT2D eigenvalue weighted by molar-refractivity contribution is 0.287. The van der Waals surface area contributed by atoms with Crippen molar-refractivity contribution in [1.29, 1.82) is 0 Å². The summed E-state index contributed by atoms with van der Waals surface area (Å²) < 4.78 is 28.7. The zero-order valence-electron chi connectivity index (χ0n) is 9.34. The molecule has 92 valence electrons. The fourth-order valence-electron chi connectivity index (χ4n) is 2.33. The SMILES string of the molecule is O=S1(=O)OC=NN1C1CCCCCCCC1. The number of hydrogen-bond acceptors (Lipinski definition) is 4. The van der Waals surface area contributed by atoms with Crippen molar-refractivity contribution in [3.63, 3.8) is 0 Å². The van der Waals surface area contributed by atoms with Crippen molar-refractivity contribution in [2.45, 2.75) is 57.4 Å². The van der Waals surface area contributed by atoms with Crippen molar-refractivity contribution in [2.75, 3.05) is 0 Å². The molecule has 0 radical (unpaired) electrons. The molecule has 5 nitrogen and oxygen atoms in total. The van der Waals surface area contributed by atoms with Crippen LogP contribution in [-0.4, -0.2) is 25.3 Å². The molecule has 0 aromatic carbocycles. The van der Waals surface area contributed by atoms with E-state index in [4.69, 9.17) is 0 Å². The van der Waals surface area contributed by atoms with Gasteiger partial charge in [-0.1, -0.05) is 38.5 Å². The molecular weight excluding hydrogens is 228 g/mol. The first-order valence-electron chi connectivity index (χ1n) is 5.95. The fraction of sp³-hybridized carbons (Fsp3) is 0.900. The van der Waals surface area contributed by atoms with Crippen LogP contribution in [0.15, 0.2) is 5.10 Å². The van der Waals surface area contributed by atoms with Gasteiger partial charge in [-0.2, -0.15) is 12.8 Å². The Morgan fingerprint density at radius 1 is 1.06 bits per heavy atom. The molecule has 1 aliphatic carbocycles. The van der Waals surface area contributed by atoms with Gasteiger partial charge in [0.25, 0.3) is 0 Å². The molecule has 0 N–H and O–H groups in total. The summed E-state index contributed by atoms with van der Waals surface area (Å²) in [5.74, 6) is 0. The highest BCUT2D eigenvalue weighted by Gasteiger charge is 2.33. The van der Waals surface area contributed by atoms with Gasteiger partial charge in [-0.3, -0.25) is 0 Å². The monoisotopic (exact) mass is 246 g/mol. The Bertz CT molecular complexity index is 343. The molecule has 6 heteroatoms. The summed E-state index contributed by atoms with van der Waals surface area (Å²) in [5, 5.41) is 3.81. The number of rotatable bonds is 1. The molecule has 0 aromatic heterocycles. The Balaban J connectivity index is 2.02. The van der Waals surface area contributed by atoms with Gasteiger partial charge in [-0.05, 0) is 12.8 Å². The van der Waals surface area contributed by atoms with E-state index in [-0.39, 0.29) is 6.04 Å². The molecule has 0 unspecified atom stereocenters. The number of nitrogens with zero attached hydrogens (tertiary/aromatic N) is 2. The van der Waals surface area contributed by atoms with Crippen molar-refractivity contribution < 1.29 is 12.6 Å². The molecule has 16 heavy (non-hydrogen) atoms. The maximum atomic E-state index is 11.5. The van der Waals surface area contributed by atoms with Crippen LogP contribution in [0.25, 0.3) is 0 Å². The van der Waals surface area contributed by atoms with E-state index in [1.54, 1.807) is 0 Å². The second kappa shape index (κ2) is 5.03. The summed E-state index contributed by atoms with van der Waals surface area (Å²) in [4.78, 5) is 0. The smallest absolute Gasteiger partial charge is 0.352 e. The first kappa shape index (κ1) is 11.7. The highest BCUT2D eigenvalue weighted by atomic mass is 32.2. The number of hydrazone groups is 1. The van der Waals surface area contributed by atoms with Crippen LogP contribution in [0.1, 0.15) is 51.4 Å². The van der Waals surface area contributed by atoms with Crippen LogP contribution in [0.2, 0.25) is 0 Å². The summed E-state index contributed by atoms with van der Waals surface area (Å²) in [6.45, 7) is 0. The van der Waals surface area contributed by atoms with Gasteiger partial charge in [0.05, 0.1) is 6.04 Å². The van der Waals surface area contributed by atoms with Crippen LogP contribution in [0, 0.1) is 0 Å². The lowest BCUT2D eigenvalue weighted by Gasteiger charge is -2.22. The summed E-state index contributed by atoms with van der Waals surface area (Å²) in [5.41, 5.74) is 0. The first-order chi connectivity index (χ1) is 7.70. The largest absolute Gasteiger partial charge is 0.426 e. The highest BCUT2D eigenvalue weighted by Crippen LogP contribution is 2.25. The van der Waals surface area contributed by atoms with E-state index in [2.05, 4.69) is 9.28 Å². The van der Waals surface area contributed by atoms with Gasteiger partial charge < -0.3 is 4.18 Å². The Labute approximate surface area is 96.7 Å². The summed E-state index contributed by atoms with van der Waals surface area (Å²) in [6, 6.07) is -0.0122. The third-order valence-corrected chi connectivity index (χ3v) is 4.37. The van der Waals surface area contributed by atoms with E-state index >= 15 is 0 Å². The van der Waals surface area contributed by atoms with Crippen molar-refractivity contribution in [3.8, 4) is 0 Å². The topological polar surface area (TPSA) is 59.0 Å². The maximum Gasteiger partial charge on any atom is 0.426 e. The third-order valence-electron chi connectivity index (χ3n) is 3.19. The summed E-state index contributed by atoms with van der Waals surface area (Å²) >= 11 is 0. The summed E-state index contributed by atoms with van der Waals surface area (Å²) in [7, 11) is -3.62. The molecular formula is C10H18N2O3S. The Morgan fingerprint density at radius 3 is 2.12 bits per heavy atom.